The molecule has 0 fully saturated rings. The number of carbonyl (C=O) groups excluding carboxylic acids is 2. The standard InChI is InChI=1S/C27H38N6O5.ClH/c1-9-31(10-2)25(36)20-13-17(3)24-30-32(26(28-7)33(24)29-20)16-21(35)18-14-19(27(4,5)6)23(37-8)22(15-18)38-12-11-34;/h13-15,34H,9-12,16H2,1-8H3;1H/b28-26+;. The smallest absolute Gasteiger partial charge is 0.274 e. The second kappa shape index (κ2) is 13.1. The number of carbonyl (C=O) groups is 2. The number of aryl methyl sites for hydroxylation is 1. The lowest BCUT2D eigenvalue weighted by molar-refractivity contribution is 0.0765. The van der Waals surface area contributed by atoms with Gasteiger partial charge in [-0.25, -0.2) is 4.68 Å². The number of ether oxygens (including phenoxy) is 2. The molecule has 12 heteroatoms. The van der Waals surface area contributed by atoms with Gasteiger partial charge < -0.3 is 19.5 Å². The summed E-state index contributed by atoms with van der Waals surface area (Å²) in [5.74, 6) is 0.510. The van der Waals surface area contributed by atoms with Crippen molar-refractivity contribution in [3.05, 3.63) is 46.2 Å². The molecule has 0 aliphatic rings. The van der Waals surface area contributed by atoms with Crippen LogP contribution in [0.15, 0.2) is 23.2 Å². The molecule has 0 bridgehead atoms. The number of methoxy groups -OCH3 is 1. The third-order valence-corrected chi connectivity index (χ3v) is 6.25. The van der Waals surface area contributed by atoms with Gasteiger partial charge in [0.05, 0.1) is 13.7 Å². The van der Waals surface area contributed by atoms with Crippen LogP contribution in [0.1, 0.15) is 66.6 Å². The van der Waals surface area contributed by atoms with Gasteiger partial charge in [0.15, 0.2) is 22.9 Å². The molecule has 1 amide bonds. The highest BCUT2D eigenvalue weighted by Crippen LogP contribution is 2.40. The summed E-state index contributed by atoms with van der Waals surface area (Å²) in [6.45, 7) is 12.7. The number of amides is 1. The first kappa shape index (κ1) is 31.8. The van der Waals surface area contributed by atoms with Crippen LogP contribution in [0.4, 0.5) is 0 Å². The van der Waals surface area contributed by atoms with E-state index < -0.39 is 0 Å². The molecule has 214 valence electrons. The number of Topliss-reactive ketones (excluding diaryl/α,β-unsaturated/α-hetero) is 1. The number of nitrogens with zero attached hydrogens (tertiary/aromatic N) is 6. The minimum absolute atomic E-state index is 0. The van der Waals surface area contributed by atoms with Gasteiger partial charge in [0.25, 0.3) is 5.91 Å². The van der Waals surface area contributed by atoms with Gasteiger partial charge in [-0.2, -0.15) is 9.61 Å². The molecule has 1 aromatic carbocycles. The van der Waals surface area contributed by atoms with Gasteiger partial charge in [0.2, 0.25) is 5.62 Å². The van der Waals surface area contributed by atoms with Crippen molar-refractivity contribution in [2.24, 2.45) is 4.99 Å². The summed E-state index contributed by atoms with van der Waals surface area (Å²) in [5.41, 5.74) is 2.75. The van der Waals surface area contributed by atoms with E-state index in [-0.39, 0.29) is 55.0 Å². The fraction of sp³-hybridized carbons (Fsp3) is 0.519. The molecule has 0 radical (unpaired) electrons. The van der Waals surface area contributed by atoms with E-state index in [4.69, 9.17) is 9.47 Å². The number of hydrogen-bond acceptors (Lipinski definition) is 8. The van der Waals surface area contributed by atoms with Crippen molar-refractivity contribution < 1.29 is 24.2 Å². The van der Waals surface area contributed by atoms with E-state index in [0.29, 0.717) is 41.4 Å². The van der Waals surface area contributed by atoms with Gasteiger partial charge in [0, 0.05) is 31.3 Å². The average molecular weight is 563 g/mol. The molecule has 2 heterocycles. The lowest BCUT2D eigenvalue weighted by Gasteiger charge is -2.25. The van der Waals surface area contributed by atoms with Gasteiger partial charge in [-0.15, -0.1) is 17.5 Å². The quantitative estimate of drug-likeness (QED) is 0.377. The van der Waals surface area contributed by atoms with Crippen molar-refractivity contribution in [2.45, 2.75) is 53.5 Å². The van der Waals surface area contributed by atoms with Gasteiger partial charge in [0.1, 0.15) is 18.8 Å². The van der Waals surface area contributed by atoms with Gasteiger partial charge in [-0.1, -0.05) is 20.8 Å². The maximum atomic E-state index is 13.6. The number of fused-ring (bicyclic) bond motifs is 1. The predicted molar refractivity (Wildman–Crippen MR) is 150 cm³/mol. The Morgan fingerprint density at radius 1 is 1.13 bits per heavy atom. The first-order chi connectivity index (χ1) is 18.0. The molecule has 0 aliphatic heterocycles. The van der Waals surface area contributed by atoms with E-state index in [9.17, 15) is 14.7 Å². The SMILES string of the molecule is CCN(CC)C(=O)c1cc(C)c2nn(CC(=O)c3cc(OCCO)c(OC)c(C(C)(C)C)c3)/c(=N\C)n2n1.Cl. The van der Waals surface area contributed by atoms with E-state index in [1.807, 2.05) is 41.5 Å². The van der Waals surface area contributed by atoms with Crippen LogP contribution in [0.2, 0.25) is 0 Å². The van der Waals surface area contributed by atoms with Crippen molar-refractivity contribution >= 4 is 29.7 Å². The fourth-order valence-corrected chi connectivity index (χ4v) is 4.26. The van der Waals surface area contributed by atoms with E-state index >= 15 is 0 Å². The highest BCUT2D eigenvalue weighted by molar-refractivity contribution is 5.97. The van der Waals surface area contributed by atoms with Gasteiger partial charge >= 0.3 is 0 Å². The Balaban J connectivity index is 0.00000533. The maximum Gasteiger partial charge on any atom is 0.274 e. The van der Waals surface area contributed by atoms with Gasteiger partial charge in [-0.05, 0) is 49.9 Å². The molecule has 1 N–H and O–H groups in total. The Kier molecular flexibility index (Phi) is 10.7. The summed E-state index contributed by atoms with van der Waals surface area (Å²) >= 11 is 0. The van der Waals surface area contributed by atoms with Crippen LogP contribution in [0.5, 0.6) is 11.5 Å². The summed E-state index contributed by atoms with van der Waals surface area (Å²) in [6, 6.07) is 5.13. The third-order valence-electron chi connectivity index (χ3n) is 6.25. The largest absolute Gasteiger partial charge is 0.493 e. The zero-order valence-electron chi connectivity index (χ0n) is 23.9. The third kappa shape index (κ3) is 6.59. The molecule has 0 unspecified atom stereocenters. The van der Waals surface area contributed by atoms with E-state index in [1.54, 1.807) is 37.3 Å². The number of benzene rings is 1. The summed E-state index contributed by atoms with van der Waals surface area (Å²) in [5, 5.41) is 18.4. The van der Waals surface area contributed by atoms with Crippen LogP contribution in [-0.4, -0.2) is 81.6 Å². The second-order valence-corrected chi connectivity index (χ2v) is 9.91. The molecule has 39 heavy (non-hydrogen) atoms. The van der Waals surface area contributed by atoms with Crippen molar-refractivity contribution in [1.82, 2.24) is 24.3 Å². The first-order valence-electron chi connectivity index (χ1n) is 12.7. The van der Waals surface area contributed by atoms with Crippen molar-refractivity contribution in [3.8, 4) is 11.5 Å². The molecule has 3 aromatic rings. The fourth-order valence-electron chi connectivity index (χ4n) is 4.26. The van der Waals surface area contributed by atoms with Crippen molar-refractivity contribution in [3.63, 3.8) is 0 Å². The summed E-state index contributed by atoms with van der Waals surface area (Å²) < 4.78 is 14.3. The monoisotopic (exact) mass is 562 g/mol. The Morgan fingerprint density at radius 3 is 2.33 bits per heavy atom. The number of aliphatic hydroxyl groups is 1. The molecule has 0 spiro atoms. The Bertz CT molecular complexity index is 1400. The van der Waals surface area contributed by atoms with Crippen LogP contribution in [-0.2, 0) is 12.0 Å². The van der Waals surface area contributed by atoms with Crippen LogP contribution in [0.3, 0.4) is 0 Å². The molecule has 11 nitrogen and oxygen atoms in total. The molecule has 0 saturated carbocycles. The lowest BCUT2D eigenvalue weighted by atomic mass is 9.84. The summed E-state index contributed by atoms with van der Waals surface area (Å²) in [7, 11) is 3.14. The van der Waals surface area contributed by atoms with Crippen LogP contribution < -0.4 is 15.1 Å². The van der Waals surface area contributed by atoms with Crippen LogP contribution in [0, 0.1) is 6.92 Å². The number of halogens is 1. The number of hydrogen-bond donors (Lipinski definition) is 1. The number of rotatable bonds is 10. The number of aliphatic hydroxyl groups excluding tert-OH is 1. The number of ketones is 1. The Morgan fingerprint density at radius 2 is 1.79 bits per heavy atom. The highest BCUT2D eigenvalue weighted by Gasteiger charge is 2.26. The second-order valence-electron chi connectivity index (χ2n) is 9.91. The van der Waals surface area contributed by atoms with Crippen LogP contribution >= 0.6 is 12.4 Å². The lowest BCUT2D eigenvalue weighted by Crippen LogP contribution is -2.33. The van der Waals surface area contributed by atoms with Crippen molar-refractivity contribution in [2.75, 3.05) is 40.5 Å². The van der Waals surface area contributed by atoms with Crippen molar-refractivity contribution in [1.29, 1.82) is 0 Å². The number of aromatic nitrogens is 4. The molecule has 3 rings (SSSR count). The molecule has 0 saturated heterocycles. The minimum atomic E-state index is -0.339. The predicted octanol–water partition coefficient (Wildman–Crippen LogP) is 2.83. The summed E-state index contributed by atoms with van der Waals surface area (Å²) in [6.07, 6.45) is 0. The first-order valence-corrected chi connectivity index (χ1v) is 12.7. The Labute approximate surface area is 234 Å². The zero-order valence-corrected chi connectivity index (χ0v) is 24.8. The average Bonchev–Trinajstić information content (AvgIpc) is 3.24. The minimum Gasteiger partial charge on any atom is -0.493 e. The molecular formula is C27H39ClN6O5. The maximum absolute atomic E-state index is 13.6. The molecular weight excluding hydrogens is 524 g/mol. The normalized spacial score (nSPS) is 11.9. The topological polar surface area (TPSA) is 124 Å². The Hall–Kier alpha value is -3.44. The van der Waals surface area contributed by atoms with Crippen LogP contribution in [0.25, 0.3) is 5.65 Å². The highest BCUT2D eigenvalue weighted by atomic mass is 35.5. The van der Waals surface area contributed by atoms with Gasteiger partial charge in [-0.3, -0.25) is 14.6 Å². The molecule has 2 aromatic heterocycles. The van der Waals surface area contributed by atoms with E-state index in [2.05, 4.69) is 15.2 Å². The summed E-state index contributed by atoms with van der Waals surface area (Å²) in [4.78, 5) is 32.5. The van der Waals surface area contributed by atoms with E-state index in [1.165, 1.54) is 9.20 Å². The zero-order chi connectivity index (χ0) is 28.2. The molecule has 0 atom stereocenters. The van der Waals surface area contributed by atoms with E-state index in [0.717, 1.165) is 11.1 Å². The molecule has 0 aliphatic carbocycles.